The summed E-state index contributed by atoms with van der Waals surface area (Å²) in [5.41, 5.74) is 2.64. The fourth-order valence-electron chi connectivity index (χ4n) is 2.51. The average Bonchev–Trinajstić information content (AvgIpc) is 2.97. The lowest BCUT2D eigenvalue weighted by Crippen LogP contribution is -2.25. The van der Waals surface area contributed by atoms with Gasteiger partial charge in [-0.1, -0.05) is 30.7 Å². The zero-order valence-corrected chi connectivity index (χ0v) is 16.5. The molecular weight excluding hydrogens is 346 g/mol. The Kier molecular flexibility index (Phi) is 7.06. The van der Waals surface area contributed by atoms with Crippen LogP contribution in [-0.2, 0) is 0 Å². The smallest absolute Gasteiger partial charge is 0.162 e. The number of aromatic nitrogens is 1. The normalized spacial score (nSPS) is 12.4. The van der Waals surface area contributed by atoms with Crippen molar-refractivity contribution in [3.8, 4) is 0 Å². The van der Waals surface area contributed by atoms with E-state index in [1.807, 2.05) is 18.0 Å². The Hall–Kier alpha value is -2.51. The van der Waals surface area contributed by atoms with Crippen LogP contribution in [0, 0.1) is 0 Å². The van der Waals surface area contributed by atoms with E-state index in [1.165, 1.54) is 21.9 Å². The number of thiophene rings is 1. The van der Waals surface area contributed by atoms with Crippen molar-refractivity contribution in [2.45, 2.75) is 20.3 Å². The van der Waals surface area contributed by atoms with Gasteiger partial charge in [-0.15, -0.1) is 11.3 Å². The van der Waals surface area contributed by atoms with Crippen LogP contribution in [0.2, 0.25) is 0 Å². The Morgan fingerprint density at radius 1 is 1.42 bits per heavy atom. The summed E-state index contributed by atoms with van der Waals surface area (Å²) in [5.74, 6) is 5.92. The molecule has 0 atom stereocenters. The molecule has 138 valence electrons. The predicted octanol–water partition coefficient (Wildman–Crippen LogP) is 3.92. The van der Waals surface area contributed by atoms with Crippen LogP contribution in [0.1, 0.15) is 29.9 Å². The average molecular weight is 372 g/mol. The van der Waals surface area contributed by atoms with Gasteiger partial charge in [-0.2, -0.15) is 0 Å². The third-order valence-electron chi connectivity index (χ3n) is 3.74. The Balaban J connectivity index is 2.27. The van der Waals surface area contributed by atoms with Crippen LogP contribution in [-0.4, -0.2) is 43.1 Å². The zero-order chi connectivity index (χ0) is 19.1. The van der Waals surface area contributed by atoms with Crippen LogP contribution >= 0.6 is 11.3 Å². The highest BCUT2D eigenvalue weighted by atomic mass is 32.1. The number of hydrogen-bond donors (Lipinski definition) is 1. The van der Waals surface area contributed by atoms with E-state index in [0.29, 0.717) is 10.6 Å². The number of anilines is 1. The van der Waals surface area contributed by atoms with E-state index in [4.69, 9.17) is 5.84 Å². The molecule has 0 radical (unpaired) electrons. The summed E-state index contributed by atoms with van der Waals surface area (Å²) in [5, 5.41) is 2.31. The van der Waals surface area contributed by atoms with E-state index in [2.05, 4.69) is 42.1 Å². The van der Waals surface area contributed by atoms with Gasteiger partial charge in [-0.05, 0) is 19.4 Å². The summed E-state index contributed by atoms with van der Waals surface area (Å²) in [4.78, 5) is 23.6. The second-order valence-corrected chi connectivity index (χ2v) is 7.03. The number of hydrazine groups is 1. The minimum atomic E-state index is 0.545. The number of aliphatic imine (C=N–C) groups is 1. The second-order valence-electron chi connectivity index (χ2n) is 6.00. The summed E-state index contributed by atoms with van der Waals surface area (Å²) in [7, 11) is 3.69. The Labute approximate surface area is 158 Å². The van der Waals surface area contributed by atoms with E-state index >= 15 is 0 Å². The van der Waals surface area contributed by atoms with Crippen LogP contribution in [0.5, 0.6) is 0 Å². The first-order valence-corrected chi connectivity index (χ1v) is 9.22. The quantitative estimate of drug-likeness (QED) is 0.190. The largest absolute Gasteiger partial charge is 0.362 e. The summed E-state index contributed by atoms with van der Waals surface area (Å²) < 4.78 is 0. The van der Waals surface area contributed by atoms with Crippen molar-refractivity contribution in [2.75, 3.05) is 25.6 Å². The number of aldehydes is 1. The molecule has 0 spiro atoms. The molecule has 2 heterocycles. The molecule has 0 unspecified atom stereocenters. The number of nitrogens with zero attached hydrogens (tertiary/aromatic N) is 4. The van der Waals surface area contributed by atoms with Gasteiger partial charge in [0, 0.05) is 26.8 Å². The number of carbonyl (C=O) groups excluding carboxylic acids is 1. The number of allylic oxidation sites excluding steroid dienone is 3. The Morgan fingerprint density at radius 3 is 2.85 bits per heavy atom. The lowest BCUT2D eigenvalue weighted by molar-refractivity contribution is 0.112. The van der Waals surface area contributed by atoms with Crippen molar-refractivity contribution in [1.29, 1.82) is 0 Å². The number of nitrogens with two attached hydrogens (primary N) is 1. The van der Waals surface area contributed by atoms with Crippen molar-refractivity contribution >= 4 is 45.6 Å². The van der Waals surface area contributed by atoms with Crippen molar-refractivity contribution in [1.82, 2.24) is 9.88 Å². The molecule has 26 heavy (non-hydrogen) atoms. The molecule has 0 bridgehead atoms. The second kappa shape index (κ2) is 9.26. The lowest BCUT2D eigenvalue weighted by Gasteiger charge is -2.13. The van der Waals surface area contributed by atoms with Gasteiger partial charge >= 0.3 is 0 Å². The maximum absolute atomic E-state index is 11.5. The number of pyridine rings is 1. The van der Waals surface area contributed by atoms with E-state index in [9.17, 15) is 4.79 Å². The van der Waals surface area contributed by atoms with Gasteiger partial charge in [0.2, 0.25) is 0 Å². The van der Waals surface area contributed by atoms with Crippen LogP contribution in [0.3, 0.4) is 0 Å². The lowest BCUT2D eigenvalue weighted by atomic mass is 10.2. The van der Waals surface area contributed by atoms with E-state index in [0.717, 1.165) is 35.2 Å². The molecule has 2 N–H and O–H groups in total. The highest BCUT2D eigenvalue weighted by molar-refractivity contribution is 7.21. The highest BCUT2D eigenvalue weighted by Gasteiger charge is 2.16. The van der Waals surface area contributed by atoms with Crippen molar-refractivity contribution < 1.29 is 4.79 Å². The molecule has 0 amide bonds. The molecule has 0 fully saturated rings. The summed E-state index contributed by atoms with van der Waals surface area (Å²) in [6.07, 6.45) is 11.6. The summed E-state index contributed by atoms with van der Waals surface area (Å²) in [6.45, 7) is 4.92. The predicted molar refractivity (Wildman–Crippen MR) is 112 cm³/mol. The molecule has 0 aliphatic heterocycles. The molecule has 0 aromatic carbocycles. The van der Waals surface area contributed by atoms with Crippen LogP contribution in [0.4, 0.5) is 11.4 Å². The molecule has 6 nitrogen and oxygen atoms in total. The van der Waals surface area contributed by atoms with Gasteiger partial charge in [0.1, 0.15) is 4.83 Å². The maximum atomic E-state index is 11.5. The van der Waals surface area contributed by atoms with Gasteiger partial charge in [0.15, 0.2) is 6.29 Å². The molecule has 0 saturated heterocycles. The zero-order valence-electron chi connectivity index (χ0n) is 15.6. The van der Waals surface area contributed by atoms with Gasteiger partial charge in [0.25, 0.3) is 0 Å². The minimum Gasteiger partial charge on any atom is -0.362 e. The van der Waals surface area contributed by atoms with E-state index in [1.54, 1.807) is 19.6 Å². The number of fused-ring (bicyclic) bond motifs is 1. The highest BCUT2D eigenvalue weighted by Crippen LogP contribution is 2.40. The molecular formula is C19H25N5OS. The van der Waals surface area contributed by atoms with Gasteiger partial charge in [-0.25, -0.2) is 15.8 Å². The topological polar surface area (TPSA) is 74.8 Å². The van der Waals surface area contributed by atoms with E-state index < -0.39 is 0 Å². The fourth-order valence-corrected chi connectivity index (χ4v) is 3.43. The number of rotatable bonds is 8. The first-order chi connectivity index (χ1) is 12.5. The maximum Gasteiger partial charge on any atom is 0.162 e. The van der Waals surface area contributed by atoms with Crippen molar-refractivity contribution in [3.63, 3.8) is 0 Å². The van der Waals surface area contributed by atoms with Gasteiger partial charge in [-0.3, -0.25) is 4.79 Å². The van der Waals surface area contributed by atoms with Gasteiger partial charge in [0.05, 0.1) is 28.0 Å². The van der Waals surface area contributed by atoms with Crippen molar-refractivity contribution in [2.24, 2.45) is 10.8 Å². The first-order valence-electron chi connectivity index (χ1n) is 8.40. The Morgan fingerprint density at radius 2 is 2.19 bits per heavy atom. The third kappa shape index (κ3) is 4.77. The minimum absolute atomic E-state index is 0.545. The number of likely N-dealkylation sites (N-methyl/N-ethyl adjacent to an activating group) is 1. The van der Waals surface area contributed by atoms with Crippen LogP contribution in [0.15, 0.2) is 41.1 Å². The molecule has 0 aliphatic carbocycles. The number of carbonyl (C=O) groups is 1. The number of hydrogen-bond acceptors (Lipinski definition) is 6. The van der Waals surface area contributed by atoms with Crippen molar-refractivity contribution in [3.05, 3.63) is 40.9 Å². The molecule has 2 rings (SSSR count). The Bertz CT molecular complexity index is 851. The third-order valence-corrected chi connectivity index (χ3v) is 4.75. The summed E-state index contributed by atoms with van der Waals surface area (Å²) in [6, 6.07) is 1.82. The first kappa shape index (κ1) is 19.8. The molecule has 0 saturated carbocycles. The van der Waals surface area contributed by atoms with Crippen LogP contribution in [0.25, 0.3) is 10.2 Å². The molecule has 0 aliphatic rings. The standard InChI is InChI=1S/C19H25N5OS/c1-5-7-14(2)8-6-11-23(3)13-22-18-16(12-25)26-19-17(18)15(24(4)20)9-10-21-19/h6-10,12-13H,5,11,20H2,1-4H3/b8-6-,14-7-,22-13?. The van der Waals surface area contributed by atoms with Gasteiger partial charge < -0.3 is 9.91 Å². The SMILES string of the molecule is CC/C=C(C)\C=C/CN(C)C=Nc1c(C=O)sc2nccc(N(C)N)c12. The van der Waals surface area contributed by atoms with E-state index in [-0.39, 0.29) is 0 Å². The summed E-state index contributed by atoms with van der Waals surface area (Å²) >= 11 is 1.32. The molecule has 2 aromatic rings. The molecule has 7 heteroatoms. The monoisotopic (exact) mass is 371 g/mol. The van der Waals surface area contributed by atoms with Crippen LogP contribution < -0.4 is 10.9 Å². The fraction of sp³-hybridized carbons (Fsp3) is 0.316. The molecule has 2 aromatic heterocycles.